The van der Waals surface area contributed by atoms with Crippen LogP contribution in [0, 0.1) is 0 Å². The van der Waals surface area contributed by atoms with Gasteiger partial charge in [-0.3, -0.25) is 14.3 Å². The van der Waals surface area contributed by atoms with Crippen LogP contribution in [0.15, 0.2) is 6.20 Å². The minimum atomic E-state index is -0.451. The summed E-state index contributed by atoms with van der Waals surface area (Å²) in [5.41, 5.74) is 6.06. The van der Waals surface area contributed by atoms with Crippen LogP contribution >= 0.6 is 0 Å². The second kappa shape index (κ2) is 5.15. The number of hydrogen-bond donors (Lipinski definition) is 3. The third-order valence-corrected chi connectivity index (χ3v) is 2.02. The number of nitrogens with two attached hydrogens (primary N) is 1. The second-order valence-corrected chi connectivity index (χ2v) is 3.14. The molecular weight excluding hydrogens is 210 g/mol. The zero-order valence-electron chi connectivity index (χ0n) is 9.28. The van der Waals surface area contributed by atoms with Gasteiger partial charge in [-0.05, 0) is 6.92 Å². The van der Waals surface area contributed by atoms with Gasteiger partial charge in [-0.25, -0.2) is 0 Å². The maximum atomic E-state index is 11.6. The molecule has 0 aliphatic rings. The summed E-state index contributed by atoms with van der Waals surface area (Å²) in [6.07, 6.45) is 1.58. The van der Waals surface area contributed by atoms with Gasteiger partial charge >= 0.3 is 0 Å². The third kappa shape index (κ3) is 2.72. The Labute approximate surface area is 93.0 Å². The first-order valence-corrected chi connectivity index (χ1v) is 4.90. The number of aryl methyl sites for hydroxylation is 1. The van der Waals surface area contributed by atoms with E-state index in [0.29, 0.717) is 12.2 Å². The number of likely N-dealkylation sites (N-methyl/N-ethyl adjacent to an activating group) is 1. The quantitative estimate of drug-likeness (QED) is 0.609. The molecule has 0 saturated heterocycles. The molecule has 1 heterocycles. The molecular formula is C9H15N5O2. The van der Waals surface area contributed by atoms with E-state index in [4.69, 9.17) is 5.73 Å². The number of nitrogen functional groups attached to an aromatic ring is 1. The highest BCUT2D eigenvalue weighted by atomic mass is 16.2. The van der Waals surface area contributed by atoms with Gasteiger partial charge in [0.05, 0.1) is 12.2 Å². The summed E-state index contributed by atoms with van der Waals surface area (Å²) in [7, 11) is 1.49. The smallest absolute Gasteiger partial charge is 0.274 e. The summed E-state index contributed by atoms with van der Waals surface area (Å²) in [6.45, 7) is 2.43. The number of nitrogens with one attached hydrogen (secondary N) is 2. The van der Waals surface area contributed by atoms with E-state index in [1.165, 1.54) is 7.05 Å². The van der Waals surface area contributed by atoms with Crippen molar-refractivity contribution in [1.29, 1.82) is 0 Å². The SMILES string of the molecule is CCn1cc(N)c(C(=O)NCC(=O)NC)n1. The van der Waals surface area contributed by atoms with Gasteiger partial charge in [0, 0.05) is 19.8 Å². The topological polar surface area (TPSA) is 102 Å². The molecule has 0 fully saturated rings. The molecule has 1 aromatic heterocycles. The average Bonchev–Trinajstić information content (AvgIpc) is 2.67. The summed E-state index contributed by atoms with van der Waals surface area (Å²) >= 11 is 0. The number of amides is 2. The Balaban J connectivity index is 2.65. The molecule has 0 aromatic carbocycles. The summed E-state index contributed by atoms with van der Waals surface area (Å²) in [5.74, 6) is -0.727. The monoisotopic (exact) mass is 225 g/mol. The van der Waals surface area contributed by atoms with Gasteiger partial charge in [0.2, 0.25) is 5.91 Å². The molecule has 0 saturated carbocycles. The highest BCUT2D eigenvalue weighted by molar-refractivity contribution is 5.98. The van der Waals surface area contributed by atoms with Crippen molar-refractivity contribution in [2.75, 3.05) is 19.3 Å². The van der Waals surface area contributed by atoms with E-state index in [-0.39, 0.29) is 18.1 Å². The number of carbonyl (C=O) groups is 2. The molecule has 0 spiro atoms. The van der Waals surface area contributed by atoms with E-state index in [1.807, 2.05) is 6.92 Å². The molecule has 7 nitrogen and oxygen atoms in total. The Morgan fingerprint density at radius 2 is 2.25 bits per heavy atom. The molecule has 0 bridgehead atoms. The van der Waals surface area contributed by atoms with Crippen molar-refractivity contribution in [3.05, 3.63) is 11.9 Å². The lowest BCUT2D eigenvalue weighted by Gasteiger charge is -2.02. The largest absolute Gasteiger partial charge is 0.396 e. The van der Waals surface area contributed by atoms with E-state index >= 15 is 0 Å². The molecule has 2 amide bonds. The first-order valence-electron chi connectivity index (χ1n) is 4.90. The number of aromatic nitrogens is 2. The fourth-order valence-corrected chi connectivity index (χ4v) is 1.11. The van der Waals surface area contributed by atoms with Gasteiger partial charge < -0.3 is 16.4 Å². The fourth-order valence-electron chi connectivity index (χ4n) is 1.11. The molecule has 4 N–H and O–H groups in total. The van der Waals surface area contributed by atoms with Gasteiger partial charge in [-0.1, -0.05) is 0 Å². The van der Waals surface area contributed by atoms with Crippen LogP contribution in [0.5, 0.6) is 0 Å². The molecule has 1 aromatic rings. The Bertz CT molecular complexity index is 399. The van der Waals surface area contributed by atoms with Crippen LogP contribution in [-0.2, 0) is 11.3 Å². The molecule has 16 heavy (non-hydrogen) atoms. The lowest BCUT2D eigenvalue weighted by molar-refractivity contribution is -0.119. The van der Waals surface area contributed by atoms with Crippen LogP contribution < -0.4 is 16.4 Å². The Hall–Kier alpha value is -2.05. The van der Waals surface area contributed by atoms with Crippen molar-refractivity contribution < 1.29 is 9.59 Å². The van der Waals surface area contributed by atoms with Crippen molar-refractivity contribution in [2.45, 2.75) is 13.5 Å². The van der Waals surface area contributed by atoms with Crippen LogP contribution in [0.2, 0.25) is 0 Å². The number of carbonyl (C=O) groups excluding carboxylic acids is 2. The Morgan fingerprint density at radius 1 is 1.56 bits per heavy atom. The standard InChI is InChI=1S/C9H15N5O2/c1-3-14-5-6(10)8(13-14)9(16)12-4-7(15)11-2/h5H,3-4,10H2,1-2H3,(H,11,15)(H,12,16). The summed E-state index contributed by atoms with van der Waals surface area (Å²) < 4.78 is 1.56. The van der Waals surface area contributed by atoms with E-state index in [0.717, 1.165) is 0 Å². The number of rotatable bonds is 4. The highest BCUT2D eigenvalue weighted by Crippen LogP contribution is 2.08. The van der Waals surface area contributed by atoms with Crippen LogP contribution in [0.25, 0.3) is 0 Å². The maximum Gasteiger partial charge on any atom is 0.274 e. The zero-order valence-corrected chi connectivity index (χ0v) is 9.28. The van der Waals surface area contributed by atoms with Gasteiger partial charge in [0.1, 0.15) is 0 Å². The fraction of sp³-hybridized carbons (Fsp3) is 0.444. The summed E-state index contributed by atoms with van der Waals surface area (Å²) in [6, 6.07) is 0. The lowest BCUT2D eigenvalue weighted by Crippen LogP contribution is -2.35. The van der Waals surface area contributed by atoms with E-state index in [2.05, 4.69) is 15.7 Å². The zero-order chi connectivity index (χ0) is 12.1. The predicted molar refractivity (Wildman–Crippen MR) is 58.7 cm³/mol. The van der Waals surface area contributed by atoms with Crippen molar-refractivity contribution in [2.24, 2.45) is 0 Å². The van der Waals surface area contributed by atoms with Gasteiger partial charge in [-0.2, -0.15) is 5.10 Å². The molecule has 0 unspecified atom stereocenters. The van der Waals surface area contributed by atoms with Gasteiger partial charge in [0.25, 0.3) is 5.91 Å². The molecule has 88 valence electrons. The minimum absolute atomic E-state index is 0.0895. The van der Waals surface area contributed by atoms with E-state index in [9.17, 15) is 9.59 Å². The normalized spacial score (nSPS) is 9.88. The second-order valence-electron chi connectivity index (χ2n) is 3.14. The van der Waals surface area contributed by atoms with Crippen LogP contribution in [0.4, 0.5) is 5.69 Å². The van der Waals surface area contributed by atoms with Gasteiger partial charge in [-0.15, -0.1) is 0 Å². The van der Waals surface area contributed by atoms with Crippen molar-refractivity contribution >= 4 is 17.5 Å². The van der Waals surface area contributed by atoms with Crippen LogP contribution in [-0.4, -0.2) is 35.2 Å². The minimum Gasteiger partial charge on any atom is -0.396 e. The van der Waals surface area contributed by atoms with E-state index in [1.54, 1.807) is 10.9 Å². The maximum absolute atomic E-state index is 11.6. The molecule has 0 aliphatic heterocycles. The first-order chi connectivity index (χ1) is 7.58. The van der Waals surface area contributed by atoms with Crippen LogP contribution in [0.1, 0.15) is 17.4 Å². The van der Waals surface area contributed by atoms with E-state index < -0.39 is 5.91 Å². The summed E-state index contributed by atoms with van der Waals surface area (Å²) in [4.78, 5) is 22.5. The Kier molecular flexibility index (Phi) is 3.87. The predicted octanol–water partition coefficient (Wildman–Crippen LogP) is -1.04. The van der Waals surface area contributed by atoms with Crippen molar-refractivity contribution in [1.82, 2.24) is 20.4 Å². The number of hydrogen-bond acceptors (Lipinski definition) is 4. The molecule has 0 aliphatic carbocycles. The highest BCUT2D eigenvalue weighted by Gasteiger charge is 2.14. The Morgan fingerprint density at radius 3 is 2.75 bits per heavy atom. The molecule has 0 radical (unpaired) electrons. The lowest BCUT2D eigenvalue weighted by atomic mass is 10.3. The summed E-state index contributed by atoms with van der Waals surface area (Å²) in [5, 5.41) is 8.79. The van der Waals surface area contributed by atoms with Crippen molar-refractivity contribution in [3.8, 4) is 0 Å². The van der Waals surface area contributed by atoms with Gasteiger partial charge in [0.15, 0.2) is 5.69 Å². The third-order valence-electron chi connectivity index (χ3n) is 2.02. The molecule has 7 heteroatoms. The van der Waals surface area contributed by atoms with Crippen LogP contribution in [0.3, 0.4) is 0 Å². The molecule has 0 atom stereocenters. The van der Waals surface area contributed by atoms with Crippen molar-refractivity contribution in [3.63, 3.8) is 0 Å². The molecule has 1 rings (SSSR count). The first kappa shape index (κ1) is 12.0. The number of anilines is 1. The number of nitrogens with zero attached hydrogens (tertiary/aromatic N) is 2. The average molecular weight is 225 g/mol.